The van der Waals surface area contributed by atoms with Gasteiger partial charge in [0.05, 0.1) is 12.0 Å². The lowest BCUT2D eigenvalue weighted by Gasteiger charge is -2.09. The van der Waals surface area contributed by atoms with E-state index in [2.05, 4.69) is 21.6 Å². The first-order valence-electron chi connectivity index (χ1n) is 7.44. The minimum absolute atomic E-state index is 0.0209. The summed E-state index contributed by atoms with van der Waals surface area (Å²) in [7, 11) is -2.17. The van der Waals surface area contributed by atoms with E-state index in [1.165, 1.54) is 31.4 Å². The Morgan fingerprint density at radius 2 is 2.12 bits per heavy atom. The molecule has 2 N–H and O–H groups in total. The number of benzene rings is 1. The van der Waals surface area contributed by atoms with Crippen LogP contribution in [0.15, 0.2) is 60.1 Å². The smallest absolute Gasteiger partial charge is 0.251 e. The number of ether oxygens (including phenoxy) is 1. The zero-order valence-electron chi connectivity index (χ0n) is 13.7. The Balaban J connectivity index is 2.09. The molecule has 0 aliphatic heterocycles. The van der Waals surface area contributed by atoms with Gasteiger partial charge in [0.15, 0.2) is 0 Å². The van der Waals surface area contributed by atoms with Crippen molar-refractivity contribution in [3.8, 4) is 5.88 Å². The number of rotatable bonds is 8. The number of carbonyl (C=O) groups is 1. The second kappa shape index (κ2) is 8.41. The van der Waals surface area contributed by atoms with Crippen LogP contribution in [0.1, 0.15) is 15.9 Å². The van der Waals surface area contributed by atoms with Gasteiger partial charge in [0.1, 0.15) is 0 Å². The van der Waals surface area contributed by atoms with Gasteiger partial charge in [-0.05, 0) is 29.8 Å². The number of pyridine rings is 1. The van der Waals surface area contributed by atoms with Crippen LogP contribution in [0, 0.1) is 0 Å². The van der Waals surface area contributed by atoms with Crippen LogP contribution in [0.3, 0.4) is 0 Å². The maximum atomic E-state index is 12.3. The lowest BCUT2D eigenvalue weighted by molar-refractivity contribution is 0.0950. The second-order valence-corrected chi connectivity index (χ2v) is 6.82. The minimum Gasteiger partial charge on any atom is -0.481 e. The van der Waals surface area contributed by atoms with Crippen molar-refractivity contribution in [1.29, 1.82) is 0 Å². The van der Waals surface area contributed by atoms with Crippen LogP contribution in [-0.2, 0) is 16.6 Å². The summed E-state index contributed by atoms with van der Waals surface area (Å²) in [5, 5.41) is 2.73. The van der Waals surface area contributed by atoms with E-state index in [-0.39, 0.29) is 29.5 Å². The molecule has 1 amide bonds. The number of hydrogen-bond acceptors (Lipinski definition) is 5. The average Bonchev–Trinajstić information content (AvgIpc) is 2.64. The van der Waals surface area contributed by atoms with Crippen molar-refractivity contribution in [2.75, 3.05) is 13.7 Å². The molecule has 0 saturated carbocycles. The Bertz CT molecular complexity index is 866. The van der Waals surface area contributed by atoms with Gasteiger partial charge in [0, 0.05) is 30.9 Å². The molecule has 2 aromatic rings. The summed E-state index contributed by atoms with van der Waals surface area (Å²) in [5.74, 6) is 0.0738. The second-order valence-electron chi connectivity index (χ2n) is 5.06. The van der Waals surface area contributed by atoms with Gasteiger partial charge < -0.3 is 10.1 Å². The highest BCUT2D eigenvalue weighted by atomic mass is 32.2. The molecular formula is C17H19N3O4S. The Hall–Kier alpha value is -2.71. The van der Waals surface area contributed by atoms with Gasteiger partial charge in [-0.15, -0.1) is 6.58 Å². The molecule has 2 rings (SSSR count). The first-order valence-corrected chi connectivity index (χ1v) is 8.92. The standard InChI is InChI=1S/C17H19N3O4S/c1-3-8-20-25(22,23)15-6-4-5-14(11-15)17(21)19-12-13-7-9-18-16(10-13)24-2/h3-7,9-11,20H,1,8,12H2,2H3,(H,19,21). The maximum absolute atomic E-state index is 12.3. The summed E-state index contributed by atoms with van der Waals surface area (Å²) in [5.41, 5.74) is 1.07. The number of amides is 1. The molecule has 1 aromatic heterocycles. The molecule has 8 heteroatoms. The highest BCUT2D eigenvalue weighted by Gasteiger charge is 2.15. The Morgan fingerprint density at radius 1 is 1.32 bits per heavy atom. The van der Waals surface area contributed by atoms with Gasteiger partial charge in [-0.2, -0.15) is 0 Å². The number of hydrogen-bond donors (Lipinski definition) is 2. The van der Waals surface area contributed by atoms with Gasteiger partial charge in [-0.25, -0.2) is 18.1 Å². The van der Waals surface area contributed by atoms with Crippen LogP contribution in [0.4, 0.5) is 0 Å². The molecule has 132 valence electrons. The molecule has 0 bridgehead atoms. The number of aromatic nitrogens is 1. The van der Waals surface area contributed by atoms with Gasteiger partial charge in [-0.3, -0.25) is 4.79 Å². The molecule has 0 radical (unpaired) electrons. The molecule has 0 aliphatic rings. The van der Waals surface area contributed by atoms with Crippen molar-refractivity contribution in [2.24, 2.45) is 0 Å². The largest absolute Gasteiger partial charge is 0.481 e. The third-order valence-electron chi connectivity index (χ3n) is 3.29. The van der Waals surface area contributed by atoms with Crippen LogP contribution < -0.4 is 14.8 Å². The van der Waals surface area contributed by atoms with E-state index in [9.17, 15) is 13.2 Å². The summed E-state index contributed by atoms with van der Waals surface area (Å²) in [4.78, 5) is 16.3. The fourth-order valence-electron chi connectivity index (χ4n) is 2.01. The number of methoxy groups -OCH3 is 1. The fourth-order valence-corrected chi connectivity index (χ4v) is 3.06. The monoisotopic (exact) mass is 361 g/mol. The molecule has 7 nitrogen and oxygen atoms in total. The average molecular weight is 361 g/mol. The van der Waals surface area contributed by atoms with Crippen molar-refractivity contribution in [1.82, 2.24) is 15.0 Å². The molecule has 0 unspecified atom stereocenters. The van der Waals surface area contributed by atoms with Gasteiger partial charge in [0.2, 0.25) is 15.9 Å². The van der Waals surface area contributed by atoms with Gasteiger partial charge in [-0.1, -0.05) is 12.1 Å². The normalized spacial score (nSPS) is 10.9. The maximum Gasteiger partial charge on any atom is 0.251 e. The van der Waals surface area contributed by atoms with Crippen LogP contribution in [0.2, 0.25) is 0 Å². The van der Waals surface area contributed by atoms with E-state index in [1.54, 1.807) is 24.4 Å². The summed E-state index contributed by atoms with van der Waals surface area (Å²) < 4.78 is 31.6. The summed E-state index contributed by atoms with van der Waals surface area (Å²) in [6.45, 7) is 3.85. The molecule has 25 heavy (non-hydrogen) atoms. The van der Waals surface area contributed by atoms with E-state index < -0.39 is 10.0 Å². The Kier molecular flexibility index (Phi) is 6.26. The Labute approximate surface area is 146 Å². The van der Waals surface area contributed by atoms with E-state index in [1.807, 2.05) is 0 Å². The highest BCUT2D eigenvalue weighted by Crippen LogP contribution is 2.12. The van der Waals surface area contributed by atoms with E-state index in [0.717, 1.165) is 5.56 Å². The predicted molar refractivity (Wildman–Crippen MR) is 93.8 cm³/mol. The number of nitrogens with one attached hydrogen (secondary N) is 2. The zero-order chi connectivity index (χ0) is 18.3. The zero-order valence-corrected chi connectivity index (χ0v) is 14.5. The molecule has 0 atom stereocenters. The quantitative estimate of drug-likeness (QED) is 0.694. The Morgan fingerprint density at radius 3 is 2.84 bits per heavy atom. The topological polar surface area (TPSA) is 97.4 Å². The third kappa shape index (κ3) is 5.13. The van der Waals surface area contributed by atoms with E-state index >= 15 is 0 Å². The van der Waals surface area contributed by atoms with Crippen LogP contribution >= 0.6 is 0 Å². The van der Waals surface area contributed by atoms with E-state index in [4.69, 9.17) is 4.74 Å². The first kappa shape index (κ1) is 18.6. The van der Waals surface area contributed by atoms with Crippen LogP contribution in [-0.4, -0.2) is 33.0 Å². The molecular weight excluding hydrogens is 342 g/mol. The van der Waals surface area contributed by atoms with Gasteiger partial charge >= 0.3 is 0 Å². The van der Waals surface area contributed by atoms with Crippen LogP contribution in [0.25, 0.3) is 0 Å². The van der Waals surface area contributed by atoms with Crippen molar-refractivity contribution in [3.63, 3.8) is 0 Å². The van der Waals surface area contributed by atoms with Crippen molar-refractivity contribution < 1.29 is 17.9 Å². The SMILES string of the molecule is C=CCNS(=O)(=O)c1cccc(C(=O)NCc2ccnc(OC)c2)c1. The molecule has 0 spiro atoms. The van der Waals surface area contributed by atoms with Crippen molar-refractivity contribution >= 4 is 15.9 Å². The fraction of sp³-hybridized carbons (Fsp3) is 0.176. The van der Waals surface area contributed by atoms with Crippen LogP contribution in [0.5, 0.6) is 5.88 Å². The number of carbonyl (C=O) groups excluding carboxylic acids is 1. The third-order valence-corrected chi connectivity index (χ3v) is 4.71. The highest BCUT2D eigenvalue weighted by molar-refractivity contribution is 7.89. The first-order chi connectivity index (χ1) is 12.0. The predicted octanol–water partition coefficient (Wildman–Crippen LogP) is 1.48. The summed E-state index contributed by atoms with van der Waals surface area (Å²) >= 11 is 0. The molecule has 1 aromatic carbocycles. The van der Waals surface area contributed by atoms with Crippen molar-refractivity contribution in [3.05, 3.63) is 66.4 Å². The summed E-state index contributed by atoms with van der Waals surface area (Å²) in [6, 6.07) is 9.29. The molecule has 0 fully saturated rings. The van der Waals surface area contributed by atoms with Crippen molar-refractivity contribution in [2.45, 2.75) is 11.4 Å². The minimum atomic E-state index is -3.68. The van der Waals surface area contributed by atoms with Gasteiger partial charge in [0.25, 0.3) is 5.91 Å². The lowest BCUT2D eigenvalue weighted by atomic mass is 10.2. The molecule has 0 saturated heterocycles. The number of nitrogens with zero attached hydrogens (tertiary/aromatic N) is 1. The molecule has 0 aliphatic carbocycles. The molecule has 1 heterocycles. The summed E-state index contributed by atoms with van der Waals surface area (Å²) in [6.07, 6.45) is 3.02. The van der Waals surface area contributed by atoms with E-state index in [0.29, 0.717) is 5.88 Å². The lowest BCUT2D eigenvalue weighted by Crippen LogP contribution is -2.25. The number of sulfonamides is 1.